The van der Waals surface area contributed by atoms with Crippen molar-refractivity contribution in [2.45, 2.75) is 26.7 Å². The van der Waals surface area contributed by atoms with Crippen LogP contribution in [-0.2, 0) is 11.2 Å². The van der Waals surface area contributed by atoms with E-state index < -0.39 is 5.97 Å². The van der Waals surface area contributed by atoms with Crippen molar-refractivity contribution < 1.29 is 14.3 Å². The van der Waals surface area contributed by atoms with Crippen molar-refractivity contribution in [2.24, 2.45) is 0 Å². The largest absolute Gasteiger partial charge is 0.481 e. The Morgan fingerprint density at radius 2 is 1.72 bits per heavy atom. The van der Waals surface area contributed by atoms with Gasteiger partial charge in [0.1, 0.15) is 10.8 Å². The van der Waals surface area contributed by atoms with Crippen molar-refractivity contribution in [2.75, 3.05) is 13.1 Å². The predicted octanol–water partition coefficient (Wildman–Crippen LogP) is 6.07. The Labute approximate surface area is 191 Å². The van der Waals surface area contributed by atoms with Crippen molar-refractivity contribution in [3.05, 3.63) is 89.2 Å². The highest BCUT2D eigenvalue weighted by molar-refractivity contribution is 7.21. The summed E-state index contributed by atoms with van der Waals surface area (Å²) in [7, 11) is 0. The second-order valence-corrected chi connectivity index (χ2v) is 8.62. The number of hydrogen-bond donors (Lipinski definition) is 2. The third kappa shape index (κ3) is 6.97. The molecular formula is C26H27FN2O2S. The summed E-state index contributed by atoms with van der Waals surface area (Å²) < 4.78 is 15.3. The Morgan fingerprint density at radius 3 is 2.31 bits per heavy atom. The molecule has 3 aromatic carbocycles. The van der Waals surface area contributed by atoms with Gasteiger partial charge >= 0.3 is 0 Å². The number of halogens is 1. The fraction of sp³-hybridized carbons (Fsp3) is 0.231. The van der Waals surface area contributed by atoms with Crippen molar-refractivity contribution in [1.82, 2.24) is 10.3 Å². The Kier molecular flexibility index (Phi) is 8.48. The summed E-state index contributed by atoms with van der Waals surface area (Å²) in [6.45, 7) is 5.47. The fourth-order valence-corrected chi connectivity index (χ4v) is 4.05. The number of aryl methyl sites for hydroxylation is 1. The average molecular weight is 451 g/mol. The number of fused-ring (bicyclic) bond motifs is 1. The molecule has 0 aliphatic carbocycles. The first-order chi connectivity index (χ1) is 15.4. The van der Waals surface area contributed by atoms with Crippen LogP contribution in [0.15, 0.2) is 66.7 Å². The SMILES string of the molecule is C1CNC1.CC(=O)O.Cc1ccc(-c2nc3ccc(Cc4ccccc4)cc3s2)c(F)c1. The van der Waals surface area contributed by atoms with E-state index in [1.165, 1.54) is 30.6 Å². The molecule has 32 heavy (non-hydrogen) atoms. The van der Waals surface area contributed by atoms with Crippen LogP contribution in [0.25, 0.3) is 20.8 Å². The predicted molar refractivity (Wildman–Crippen MR) is 130 cm³/mol. The lowest BCUT2D eigenvalue weighted by Gasteiger charge is -2.09. The van der Waals surface area contributed by atoms with E-state index in [1.54, 1.807) is 17.4 Å². The molecule has 0 amide bonds. The lowest BCUT2D eigenvalue weighted by Crippen LogP contribution is -2.29. The summed E-state index contributed by atoms with van der Waals surface area (Å²) in [5.74, 6) is -1.04. The van der Waals surface area contributed by atoms with Crippen molar-refractivity contribution >= 4 is 27.5 Å². The molecule has 6 heteroatoms. The molecule has 1 aromatic heterocycles. The Balaban J connectivity index is 0.000000308. The van der Waals surface area contributed by atoms with Crippen molar-refractivity contribution in [3.8, 4) is 10.6 Å². The average Bonchev–Trinajstić information content (AvgIpc) is 3.10. The minimum Gasteiger partial charge on any atom is -0.481 e. The van der Waals surface area contributed by atoms with E-state index in [4.69, 9.17) is 9.90 Å². The second kappa shape index (κ2) is 11.5. The minimum absolute atomic E-state index is 0.210. The summed E-state index contributed by atoms with van der Waals surface area (Å²) in [5, 5.41) is 11.3. The van der Waals surface area contributed by atoms with Crippen LogP contribution < -0.4 is 5.32 Å². The highest BCUT2D eigenvalue weighted by Gasteiger charge is 2.11. The zero-order valence-corrected chi connectivity index (χ0v) is 19.1. The molecule has 0 radical (unpaired) electrons. The monoisotopic (exact) mass is 450 g/mol. The normalized spacial score (nSPS) is 12.1. The first-order valence-corrected chi connectivity index (χ1v) is 11.3. The maximum absolute atomic E-state index is 14.2. The van der Waals surface area contributed by atoms with Crippen LogP contribution in [0, 0.1) is 12.7 Å². The van der Waals surface area contributed by atoms with Gasteiger partial charge in [0.25, 0.3) is 5.97 Å². The summed E-state index contributed by atoms with van der Waals surface area (Å²) >= 11 is 1.54. The number of thiazole rings is 1. The molecule has 4 aromatic rings. The first kappa shape index (κ1) is 23.6. The molecule has 0 saturated carbocycles. The van der Waals surface area contributed by atoms with Gasteiger partial charge in [-0.05, 0) is 73.8 Å². The van der Waals surface area contributed by atoms with E-state index in [0.717, 1.165) is 34.1 Å². The lowest BCUT2D eigenvalue weighted by molar-refractivity contribution is -0.134. The number of benzene rings is 3. The van der Waals surface area contributed by atoms with Gasteiger partial charge in [-0.3, -0.25) is 4.79 Å². The number of rotatable bonds is 3. The van der Waals surface area contributed by atoms with E-state index in [2.05, 4.69) is 46.7 Å². The van der Waals surface area contributed by atoms with Gasteiger partial charge < -0.3 is 10.4 Å². The van der Waals surface area contributed by atoms with Crippen LogP contribution in [0.5, 0.6) is 0 Å². The molecule has 1 saturated heterocycles. The number of aromatic nitrogens is 1. The number of nitrogens with zero attached hydrogens (tertiary/aromatic N) is 1. The molecule has 1 fully saturated rings. The molecule has 1 aliphatic heterocycles. The zero-order chi connectivity index (χ0) is 22.9. The summed E-state index contributed by atoms with van der Waals surface area (Å²) in [6.07, 6.45) is 2.28. The lowest BCUT2D eigenvalue weighted by atomic mass is 10.1. The maximum atomic E-state index is 14.2. The summed E-state index contributed by atoms with van der Waals surface area (Å²) in [6, 6.07) is 22.0. The highest BCUT2D eigenvalue weighted by atomic mass is 32.1. The van der Waals surface area contributed by atoms with Gasteiger partial charge in [-0.25, -0.2) is 9.37 Å². The standard InChI is InChI=1S/C21H16FNS.C3H7N.C2H4O2/c1-14-7-9-17(18(22)11-14)21-23-19-10-8-16(13-20(19)24-21)12-15-5-3-2-4-6-15;1-2-4-3-1;1-2(3)4/h2-11,13H,12H2,1H3;4H,1-3H2;1H3,(H,3,4). The van der Waals surface area contributed by atoms with Crippen molar-refractivity contribution in [1.29, 1.82) is 0 Å². The topological polar surface area (TPSA) is 62.2 Å². The van der Waals surface area contributed by atoms with E-state index in [-0.39, 0.29) is 5.82 Å². The molecule has 1 aliphatic rings. The highest BCUT2D eigenvalue weighted by Crippen LogP contribution is 2.32. The fourth-order valence-electron chi connectivity index (χ4n) is 3.00. The molecule has 166 valence electrons. The van der Waals surface area contributed by atoms with Gasteiger partial charge in [0.2, 0.25) is 0 Å². The van der Waals surface area contributed by atoms with Gasteiger partial charge in [0.15, 0.2) is 0 Å². The van der Waals surface area contributed by atoms with Crippen LogP contribution in [0.4, 0.5) is 4.39 Å². The molecular weight excluding hydrogens is 423 g/mol. The van der Waals surface area contributed by atoms with E-state index >= 15 is 0 Å². The van der Waals surface area contributed by atoms with Crippen molar-refractivity contribution in [3.63, 3.8) is 0 Å². The number of hydrogen-bond acceptors (Lipinski definition) is 4. The molecule has 5 rings (SSSR count). The molecule has 4 nitrogen and oxygen atoms in total. The Bertz CT molecular complexity index is 1160. The zero-order valence-electron chi connectivity index (χ0n) is 18.3. The molecule has 2 heterocycles. The second-order valence-electron chi connectivity index (χ2n) is 7.59. The van der Waals surface area contributed by atoms with Gasteiger partial charge in [0, 0.05) is 12.5 Å². The van der Waals surface area contributed by atoms with E-state index in [9.17, 15) is 4.39 Å². The van der Waals surface area contributed by atoms with Crippen LogP contribution >= 0.6 is 11.3 Å². The first-order valence-electron chi connectivity index (χ1n) is 10.5. The molecule has 0 bridgehead atoms. The smallest absolute Gasteiger partial charge is 0.300 e. The number of carbonyl (C=O) groups is 1. The third-order valence-electron chi connectivity index (χ3n) is 4.77. The van der Waals surface area contributed by atoms with Gasteiger partial charge in [0.05, 0.1) is 10.2 Å². The number of nitrogens with one attached hydrogen (secondary N) is 1. The van der Waals surface area contributed by atoms with E-state index in [1.807, 2.05) is 31.2 Å². The van der Waals surface area contributed by atoms with Gasteiger partial charge in [-0.1, -0.05) is 42.5 Å². The van der Waals surface area contributed by atoms with Gasteiger partial charge in [-0.2, -0.15) is 0 Å². The molecule has 0 spiro atoms. The van der Waals surface area contributed by atoms with Crippen LogP contribution in [-0.4, -0.2) is 29.1 Å². The number of aliphatic carboxylic acids is 1. The Hall–Kier alpha value is -3.09. The van der Waals surface area contributed by atoms with Crippen LogP contribution in [0.2, 0.25) is 0 Å². The number of carboxylic acids is 1. The number of carboxylic acid groups (broad SMARTS) is 1. The van der Waals surface area contributed by atoms with Gasteiger partial charge in [-0.15, -0.1) is 11.3 Å². The van der Waals surface area contributed by atoms with Crippen LogP contribution in [0.1, 0.15) is 30.0 Å². The summed E-state index contributed by atoms with van der Waals surface area (Å²) in [5.41, 5.74) is 4.94. The quantitative estimate of drug-likeness (QED) is 0.398. The maximum Gasteiger partial charge on any atom is 0.300 e. The molecule has 2 N–H and O–H groups in total. The van der Waals surface area contributed by atoms with E-state index in [0.29, 0.717) is 5.56 Å². The molecule has 0 atom stereocenters. The van der Waals surface area contributed by atoms with Crippen LogP contribution in [0.3, 0.4) is 0 Å². The Morgan fingerprint density at radius 1 is 1.06 bits per heavy atom. The minimum atomic E-state index is -0.833. The summed E-state index contributed by atoms with van der Waals surface area (Å²) in [4.78, 5) is 13.6. The third-order valence-corrected chi connectivity index (χ3v) is 5.82. The molecule has 0 unspecified atom stereocenters.